The number of halogens is 1. The minimum Gasteiger partial charge on any atom is -0.431 e. The number of urea groups is 1. The van der Waals surface area contributed by atoms with Crippen LogP contribution in [0.1, 0.15) is 6.42 Å². The molecular weight excluding hydrogens is 424 g/mol. The van der Waals surface area contributed by atoms with Crippen LogP contribution in [-0.4, -0.2) is 58.7 Å². The third kappa shape index (κ3) is 5.06. The highest BCUT2D eigenvalue weighted by Gasteiger charge is 2.22. The number of aromatic nitrogens is 1. The quantitative estimate of drug-likeness (QED) is 0.605. The van der Waals surface area contributed by atoms with Gasteiger partial charge < -0.3 is 19.5 Å². The van der Waals surface area contributed by atoms with Crippen molar-refractivity contribution in [2.24, 2.45) is 0 Å². The minimum absolute atomic E-state index is 0.0159. The van der Waals surface area contributed by atoms with Gasteiger partial charge in [-0.3, -0.25) is 4.79 Å². The topological polar surface area (TPSA) is 78.7 Å². The first-order chi connectivity index (χ1) is 14.6. The summed E-state index contributed by atoms with van der Waals surface area (Å²) in [7, 11) is 0. The molecule has 2 aromatic carbocycles. The van der Waals surface area contributed by atoms with Gasteiger partial charge in [0, 0.05) is 36.9 Å². The van der Waals surface area contributed by atoms with Crippen LogP contribution in [0.25, 0.3) is 11.1 Å². The van der Waals surface area contributed by atoms with Gasteiger partial charge in [0.05, 0.1) is 5.75 Å². The summed E-state index contributed by atoms with van der Waals surface area (Å²) in [5, 5.41) is 3.98. The highest BCUT2D eigenvalue weighted by molar-refractivity contribution is 7.99. The van der Waals surface area contributed by atoms with E-state index in [1.54, 1.807) is 34.1 Å². The first-order valence-electron chi connectivity index (χ1n) is 9.66. The van der Waals surface area contributed by atoms with Gasteiger partial charge in [0.15, 0.2) is 5.58 Å². The molecule has 0 saturated carbocycles. The van der Waals surface area contributed by atoms with Gasteiger partial charge >= 0.3 is 6.03 Å². The van der Waals surface area contributed by atoms with Crippen LogP contribution in [-0.2, 0) is 4.79 Å². The van der Waals surface area contributed by atoms with Gasteiger partial charge in [-0.1, -0.05) is 35.5 Å². The number of fused-ring (bicyclic) bond motifs is 1. The Kier molecular flexibility index (Phi) is 6.44. The number of rotatable bonds is 4. The molecule has 1 saturated heterocycles. The molecule has 0 atom stereocenters. The van der Waals surface area contributed by atoms with E-state index in [1.165, 1.54) is 11.8 Å². The molecule has 30 heavy (non-hydrogen) atoms. The van der Waals surface area contributed by atoms with E-state index in [4.69, 9.17) is 16.0 Å². The lowest BCUT2D eigenvalue weighted by atomic mass is 10.3. The second-order valence-corrected chi connectivity index (χ2v) is 8.26. The van der Waals surface area contributed by atoms with Crippen LogP contribution in [0.3, 0.4) is 0 Å². The predicted molar refractivity (Wildman–Crippen MR) is 118 cm³/mol. The molecule has 0 radical (unpaired) electrons. The first kappa shape index (κ1) is 20.6. The molecule has 0 unspecified atom stereocenters. The Morgan fingerprint density at radius 2 is 1.77 bits per heavy atom. The number of carbonyl (C=O) groups is 2. The summed E-state index contributed by atoms with van der Waals surface area (Å²) in [6.07, 6.45) is 0.729. The molecule has 1 aliphatic rings. The fourth-order valence-electron chi connectivity index (χ4n) is 3.23. The van der Waals surface area contributed by atoms with E-state index in [-0.39, 0.29) is 17.7 Å². The summed E-state index contributed by atoms with van der Waals surface area (Å²) in [6, 6.07) is 14.3. The van der Waals surface area contributed by atoms with Crippen molar-refractivity contribution in [1.29, 1.82) is 0 Å². The lowest BCUT2D eigenvalue weighted by molar-refractivity contribution is -0.128. The van der Waals surface area contributed by atoms with E-state index in [0.717, 1.165) is 11.9 Å². The number of benzene rings is 2. The van der Waals surface area contributed by atoms with Gasteiger partial charge in [0.1, 0.15) is 5.52 Å². The number of anilines is 1. The molecule has 1 N–H and O–H groups in total. The second kappa shape index (κ2) is 9.40. The number of carbonyl (C=O) groups excluding carboxylic acids is 2. The third-order valence-corrected chi connectivity index (χ3v) is 5.89. The van der Waals surface area contributed by atoms with E-state index in [2.05, 4.69) is 10.3 Å². The minimum atomic E-state index is -0.174. The van der Waals surface area contributed by atoms with E-state index >= 15 is 0 Å². The van der Waals surface area contributed by atoms with Crippen LogP contribution in [0.4, 0.5) is 10.5 Å². The first-order valence-corrected chi connectivity index (χ1v) is 11.0. The van der Waals surface area contributed by atoms with Gasteiger partial charge in [0.2, 0.25) is 5.91 Å². The zero-order chi connectivity index (χ0) is 20.9. The van der Waals surface area contributed by atoms with Crippen LogP contribution in [0.2, 0.25) is 5.02 Å². The number of nitrogens with zero attached hydrogens (tertiary/aromatic N) is 3. The van der Waals surface area contributed by atoms with Crippen LogP contribution < -0.4 is 5.32 Å². The van der Waals surface area contributed by atoms with Gasteiger partial charge in [0.25, 0.3) is 5.22 Å². The lowest BCUT2D eigenvalue weighted by Gasteiger charge is -2.22. The third-order valence-electron chi connectivity index (χ3n) is 4.82. The van der Waals surface area contributed by atoms with Crippen LogP contribution in [0.15, 0.2) is 58.2 Å². The molecule has 0 spiro atoms. The molecule has 3 amide bonds. The molecule has 1 aromatic heterocycles. The number of oxazole rings is 1. The zero-order valence-corrected chi connectivity index (χ0v) is 17.8. The standard InChI is InChI=1S/C21H21ClN4O3S/c22-15-6-8-16(9-7-15)23-20(28)26-11-3-10-25(12-13-26)19(27)14-30-21-24-17-4-1-2-5-18(17)29-21/h1-2,4-9H,3,10-14H2,(H,23,28). The Balaban J connectivity index is 1.28. The summed E-state index contributed by atoms with van der Waals surface area (Å²) in [6.45, 7) is 2.21. The van der Waals surface area contributed by atoms with Crippen LogP contribution in [0.5, 0.6) is 0 Å². The summed E-state index contributed by atoms with van der Waals surface area (Å²) in [5.41, 5.74) is 2.19. The molecule has 4 rings (SSSR count). The van der Waals surface area contributed by atoms with Crippen molar-refractivity contribution in [2.45, 2.75) is 11.6 Å². The Bertz CT molecular complexity index is 1010. The number of nitrogens with one attached hydrogen (secondary N) is 1. The Labute approximate surface area is 183 Å². The van der Waals surface area contributed by atoms with Crippen molar-refractivity contribution in [2.75, 3.05) is 37.2 Å². The monoisotopic (exact) mass is 444 g/mol. The molecule has 7 nitrogen and oxygen atoms in total. The highest BCUT2D eigenvalue weighted by atomic mass is 35.5. The summed E-state index contributed by atoms with van der Waals surface area (Å²) < 4.78 is 5.65. The van der Waals surface area contributed by atoms with Crippen molar-refractivity contribution < 1.29 is 14.0 Å². The zero-order valence-electron chi connectivity index (χ0n) is 16.2. The van der Waals surface area contributed by atoms with Crippen LogP contribution in [0, 0.1) is 0 Å². The van der Waals surface area contributed by atoms with Crippen molar-refractivity contribution in [3.8, 4) is 0 Å². The van der Waals surface area contributed by atoms with Gasteiger partial charge in [-0.25, -0.2) is 9.78 Å². The Hall–Kier alpha value is -2.71. The fourth-order valence-corrected chi connectivity index (χ4v) is 4.10. The van der Waals surface area contributed by atoms with E-state index in [0.29, 0.717) is 47.7 Å². The van der Waals surface area contributed by atoms with Crippen molar-refractivity contribution in [1.82, 2.24) is 14.8 Å². The molecule has 0 aliphatic carbocycles. The number of thioether (sulfide) groups is 1. The Morgan fingerprint density at radius 3 is 2.57 bits per heavy atom. The van der Waals surface area contributed by atoms with Gasteiger partial charge in [-0.2, -0.15) is 0 Å². The molecule has 9 heteroatoms. The number of hydrogen-bond donors (Lipinski definition) is 1. The van der Waals surface area contributed by atoms with E-state index < -0.39 is 0 Å². The van der Waals surface area contributed by atoms with Gasteiger partial charge in [-0.15, -0.1) is 0 Å². The van der Waals surface area contributed by atoms with E-state index in [9.17, 15) is 9.59 Å². The molecule has 1 fully saturated rings. The maximum absolute atomic E-state index is 12.6. The summed E-state index contributed by atoms with van der Waals surface area (Å²) >= 11 is 7.17. The maximum Gasteiger partial charge on any atom is 0.321 e. The largest absolute Gasteiger partial charge is 0.431 e. The second-order valence-electron chi connectivity index (χ2n) is 6.89. The molecule has 156 valence electrons. The van der Waals surface area contributed by atoms with Crippen molar-refractivity contribution in [3.05, 3.63) is 53.6 Å². The SMILES string of the molecule is O=C(CSc1nc2ccccc2o1)N1CCCN(C(=O)Nc2ccc(Cl)cc2)CC1. The fraction of sp³-hybridized carbons (Fsp3) is 0.286. The molecule has 3 aromatic rings. The van der Waals surface area contributed by atoms with Crippen LogP contribution >= 0.6 is 23.4 Å². The number of hydrogen-bond acceptors (Lipinski definition) is 5. The average molecular weight is 445 g/mol. The van der Waals surface area contributed by atoms with Crippen molar-refractivity contribution in [3.63, 3.8) is 0 Å². The molecular formula is C21H21ClN4O3S. The number of para-hydroxylation sites is 2. The number of amides is 3. The predicted octanol–water partition coefficient (Wildman–Crippen LogP) is 4.34. The highest BCUT2D eigenvalue weighted by Crippen LogP contribution is 2.23. The lowest BCUT2D eigenvalue weighted by Crippen LogP contribution is -2.39. The summed E-state index contributed by atoms with van der Waals surface area (Å²) in [4.78, 5) is 33.1. The van der Waals surface area contributed by atoms with Gasteiger partial charge in [-0.05, 0) is 42.8 Å². The average Bonchev–Trinajstić information content (AvgIpc) is 3.00. The van der Waals surface area contributed by atoms with Crippen molar-refractivity contribution >= 4 is 52.1 Å². The molecule has 2 heterocycles. The molecule has 1 aliphatic heterocycles. The normalized spacial score (nSPS) is 14.6. The Morgan fingerprint density at radius 1 is 1.03 bits per heavy atom. The maximum atomic E-state index is 12.6. The smallest absolute Gasteiger partial charge is 0.321 e. The summed E-state index contributed by atoms with van der Waals surface area (Å²) in [5.74, 6) is 0.270. The molecule has 0 bridgehead atoms. The van der Waals surface area contributed by atoms with E-state index in [1.807, 2.05) is 24.3 Å².